The molecular formula is C12H14ClN3O3S. The number of ether oxygens (including phenoxy) is 1. The summed E-state index contributed by atoms with van der Waals surface area (Å²) in [7, 11) is 1.42. The molecule has 6 nitrogen and oxygen atoms in total. The van der Waals surface area contributed by atoms with Crippen LogP contribution in [0.25, 0.3) is 0 Å². The van der Waals surface area contributed by atoms with Crippen molar-refractivity contribution in [2.75, 3.05) is 6.61 Å². The Balaban J connectivity index is 2.05. The van der Waals surface area contributed by atoms with Gasteiger partial charge in [0, 0.05) is 23.6 Å². The highest BCUT2D eigenvalue weighted by Crippen LogP contribution is 2.15. The van der Waals surface area contributed by atoms with Gasteiger partial charge in [-0.1, -0.05) is 18.2 Å². The largest absolute Gasteiger partial charge is 0.493 e. The third kappa shape index (κ3) is 3.49. The van der Waals surface area contributed by atoms with Crippen molar-refractivity contribution in [2.24, 2.45) is 0 Å². The van der Waals surface area contributed by atoms with E-state index >= 15 is 0 Å². The standard InChI is InChI=1S/C12H14ClN3O3S/c1-2-16-11(14-15-12(16)20(13,17)18)8-9-19-10-6-4-3-5-7-10/h3-7H,2,8-9H2,1H3. The lowest BCUT2D eigenvalue weighted by molar-refractivity contribution is 0.316. The Labute approximate surface area is 121 Å². The van der Waals surface area contributed by atoms with E-state index in [1.807, 2.05) is 30.3 Å². The third-order valence-electron chi connectivity index (χ3n) is 2.67. The molecule has 0 atom stereocenters. The average Bonchev–Trinajstić information content (AvgIpc) is 2.83. The van der Waals surface area contributed by atoms with Gasteiger partial charge in [-0.25, -0.2) is 8.42 Å². The van der Waals surface area contributed by atoms with Crippen LogP contribution >= 0.6 is 10.7 Å². The van der Waals surface area contributed by atoms with Crippen molar-refractivity contribution in [1.82, 2.24) is 14.8 Å². The minimum atomic E-state index is -3.88. The molecule has 8 heteroatoms. The summed E-state index contributed by atoms with van der Waals surface area (Å²) < 4.78 is 29.7. The fraction of sp³-hybridized carbons (Fsp3) is 0.333. The first kappa shape index (κ1) is 14.8. The van der Waals surface area contributed by atoms with Gasteiger partial charge in [0.2, 0.25) is 0 Å². The van der Waals surface area contributed by atoms with Crippen LogP contribution in [0.5, 0.6) is 5.75 Å². The second-order valence-electron chi connectivity index (χ2n) is 3.99. The van der Waals surface area contributed by atoms with Gasteiger partial charge in [-0.05, 0) is 19.1 Å². The molecule has 0 bridgehead atoms. The van der Waals surface area contributed by atoms with Gasteiger partial charge in [-0.2, -0.15) is 0 Å². The van der Waals surface area contributed by atoms with E-state index in [4.69, 9.17) is 15.4 Å². The monoisotopic (exact) mass is 315 g/mol. The quantitative estimate of drug-likeness (QED) is 0.760. The van der Waals surface area contributed by atoms with E-state index in [0.717, 1.165) is 5.75 Å². The van der Waals surface area contributed by atoms with Crippen molar-refractivity contribution in [2.45, 2.75) is 25.0 Å². The summed E-state index contributed by atoms with van der Waals surface area (Å²) in [6.07, 6.45) is 0.447. The molecule has 2 aromatic rings. The molecule has 1 heterocycles. The van der Waals surface area contributed by atoms with Gasteiger partial charge in [0.05, 0.1) is 6.61 Å². The lowest BCUT2D eigenvalue weighted by Gasteiger charge is -2.07. The molecule has 1 aromatic carbocycles. The van der Waals surface area contributed by atoms with E-state index in [2.05, 4.69) is 10.2 Å². The molecule has 0 saturated carbocycles. The van der Waals surface area contributed by atoms with Crippen molar-refractivity contribution >= 4 is 19.7 Å². The molecule has 20 heavy (non-hydrogen) atoms. The second kappa shape index (κ2) is 6.23. The van der Waals surface area contributed by atoms with Crippen molar-refractivity contribution in [3.63, 3.8) is 0 Å². The summed E-state index contributed by atoms with van der Waals surface area (Å²) in [4.78, 5) is 0. The van der Waals surface area contributed by atoms with E-state index in [-0.39, 0.29) is 5.16 Å². The summed E-state index contributed by atoms with van der Waals surface area (Å²) in [6, 6.07) is 9.35. The summed E-state index contributed by atoms with van der Waals surface area (Å²) in [5.74, 6) is 1.28. The lowest BCUT2D eigenvalue weighted by atomic mass is 10.3. The van der Waals surface area contributed by atoms with E-state index in [9.17, 15) is 8.42 Å². The van der Waals surface area contributed by atoms with E-state index in [1.54, 1.807) is 6.92 Å². The number of aromatic nitrogens is 3. The molecule has 0 aliphatic heterocycles. The SMILES string of the molecule is CCn1c(CCOc2ccccc2)nnc1S(=O)(=O)Cl. The summed E-state index contributed by atoms with van der Waals surface area (Å²) >= 11 is 0. The molecule has 0 fully saturated rings. The molecule has 0 aliphatic carbocycles. The van der Waals surface area contributed by atoms with Crippen LogP contribution in [0.2, 0.25) is 0 Å². The van der Waals surface area contributed by atoms with Crippen LogP contribution in [-0.4, -0.2) is 29.8 Å². The maximum Gasteiger partial charge on any atom is 0.296 e. The Morgan fingerprint density at radius 2 is 1.95 bits per heavy atom. The number of nitrogens with zero attached hydrogens (tertiary/aromatic N) is 3. The molecule has 0 N–H and O–H groups in total. The zero-order chi connectivity index (χ0) is 14.6. The first-order valence-electron chi connectivity index (χ1n) is 6.07. The predicted octanol–water partition coefficient (Wildman–Crippen LogP) is 1.85. The number of para-hydroxylation sites is 1. The minimum Gasteiger partial charge on any atom is -0.493 e. The topological polar surface area (TPSA) is 74.1 Å². The van der Waals surface area contributed by atoms with Gasteiger partial charge >= 0.3 is 0 Å². The van der Waals surface area contributed by atoms with Crippen LogP contribution in [0, 0.1) is 0 Å². The highest BCUT2D eigenvalue weighted by Gasteiger charge is 2.21. The molecule has 0 saturated heterocycles. The molecule has 0 spiro atoms. The average molecular weight is 316 g/mol. The Hall–Kier alpha value is -1.60. The maximum atomic E-state index is 11.3. The van der Waals surface area contributed by atoms with Crippen LogP contribution in [0.4, 0.5) is 0 Å². The Morgan fingerprint density at radius 3 is 2.55 bits per heavy atom. The normalized spacial score (nSPS) is 11.5. The Kier molecular flexibility index (Phi) is 4.61. The van der Waals surface area contributed by atoms with E-state index in [0.29, 0.717) is 25.4 Å². The van der Waals surface area contributed by atoms with Crippen LogP contribution in [0.3, 0.4) is 0 Å². The summed E-state index contributed by atoms with van der Waals surface area (Å²) in [6.45, 7) is 2.61. The molecule has 108 valence electrons. The van der Waals surface area contributed by atoms with Gasteiger partial charge in [-0.15, -0.1) is 10.2 Å². The zero-order valence-electron chi connectivity index (χ0n) is 10.9. The lowest BCUT2D eigenvalue weighted by Crippen LogP contribution is -2.11. The number of benzene rings is 1. The van der Waals surface area contributed by atoms with Crippen LogP contribution in [0.1, 0.15) is 12.7 Å². The van der Waals surface area contributed by atoms with E-state index in [1.165, 1.54) is 4.57 Å². The Bertz CT molecular complexity index is 671. The van der Waals surface area contributed by atoms with E-state index < -0.39 is 9.05 Å². The third-order valence-corrected chi connectivity index (χ3v) is 3.82. The predicted molar refractivity (Wildman–Crippen MR) is 74.4 cm³/mol. The Morgan fingerprint density at radius 1 is 1.25 bits per heavy atom. The maximum absolute atomic E-state index is 11.3. The van der Waals surface area contributed by atoms with Crippen molar-refractivity contribution in [1.29, 1.82) is 0 Å². The van der Waals surface area contributed by atoms with Crippen LogP contribution in [0.15, 0.2) is 35.5 Å². The molecule has 0 amide bonds. The number of hydrogen-bond donors (Lipinski definition) is 0. The molecule has 2 rings (SSSR count). The summed E-state index contributed by atoms with van der Waals surface area (Å²) in [5.41, 5.74) is 0. The number of hydrogen-bond acceptors (Lipinski definition) is 5. The van der Waals surface area contributed by atoms with Crippen molar-refractivity contribution < 1.29 is 13.2 Å². The van der Waals surface area contributed by atoms with Crippen LogP contribution in [-0.2, 0) is 22.0 Å². The van der Waals surface area contributed by atoms with Gasteiger partial charge in [0.1, 0.15) is 11.6 Å². The molecule has 0 aliphatic rings. The zero-order valence-corrected chi connectivity index (χ0v) is 12.4. The van der Waals surface area contributed by atoms with Crippen LogP contribution < -0.4 is 4.74 Å². The van der Waals surface area contributed by atoms with Gasteiger partial charge < -0.3 is 9.30 Å². The minimum absolute atomic E-state index is 0.226. The fourth-order valence-electron chi connectivity index (χ4n) is 1.78. The highest BCUT2D eigenvalue weighted by atomic mass is 35.7. The van der Waals surface area contributed by atoms with Crippen molar-refractivity contribution in [3.8, 4) is 5.75 Å². The van der Waals surface area contributed by atoms with Gasteiger partial charge in [0.15, 0.2) is 0 Å². The molecular weight excluding hydrogens is 302 g/mol. The molecule has 0 unspecified atom stereocenters. The fourth-order valence-corrected chi connectivity index (χ4v) is 2.76. The van der Waals surface area contributed by atoms with Crippen molar-refractivity contribution in [3.05, 3.63) is 36.2 Å². The van der Waals surface area contributed by atoms with Gasteiger partial charge in [-0.3, -0.25) is 0 Å². The smallest absolute Gasteiger partial charge is 0.296 e. The summed E-state index contributed by atoms with van der Waals surface area (Å²) in [5, 5.41) is 7.25. The first-order chi connectivity index (χ1) is 9.52. The number of rotatable bonds is 6. The number of halogens is 1. The first-order valence-corrected chi connectivity index (χ1v) is 8.38. The molecule has 1 aromatic heterocycles. The van der Waals surface area contributed by atoms with Gasteiger partial charge in [0.25, 0.3) is 14.2 Å². The second-order valence-corrected chi connectivity index (χ2v) is 6.45. The molecule has 0 radical (unpaired) electrons. The highest BCUT2D eigenvalue weighted by molar-refractivity contribution is 8.13.